The molecule has 2 fully saturated rings. The minimum absolute atomic E-state index is 0.141. The second kappa shape index (κ2) is 4.22. The monoisotopic (exact) mass is 278 g/mol. The van der Waals surface area contributed by atoms with Crippen LogP contribution in [0.15, 0.2) is 6.07 Å². The van der Waals surface area contributed by atoms with Crippen LogP contribution in [0.5, 0.6) is 0 Å². The number of nitrogen functional groups attached to an aromatic ring is 1. The highest BCUT2D eigenvalue weighted by Crippen LogP contribution is 2.25. The number of rotatable bonds is 1. The van der Waals surface area contributed by atoms with Crippen LogP contribution in [-0.2, 0) is 4.79 Å². The lowest BCUT2D eigenvalue weighted by Crippen LogP contribution is -2.59. The van der Waals surface area contributed by atoms with Crippen molar-refractivity contribution in [1.82, 2.24) is 25.7 Å². The van der Waals surface area contributed by atoms with Crippen molar-refractivity contribution in [3.05, 3.63) is 11.8 Å². The number of anilines is 1. The third kappa shape index (κ3) is 1.87. The van der Waals surface area contributed by atoms with Crippen LogP contribution in [0.25, 0.3) is 0 Å². The number of carbonyl (C=O) groups is 3. The van der Waals surface area contributed by atoms with Crippen LogP contribution in [0, 0.1) is 0 Å². The molecule has 2 aliphatic rings. The van der Waals surface area contributed by atoms with Gasteiger partial charge in [-0.1, -0.05) is 0 Å². The molecule has 1 atom stereocenters. The number of carbonyl (C=O) groups excluding carboxylic acids is 3. The fourth-order valence-corrected chi connectivity index (χ4v) is 2.66. The van der Waals surface area contributed by atoms with E-state index in [0.29, 0.717) is 19.4 Å². The first-order chi connectivity index (χ1) is 9.50. The van der Waals surface area contributed by atoms with E-state index in [-0.39, 0.29) is 29.9 Å². The maximum absolute atomic E-state index is 12.3. The summed E-state index contributed by atoms with van der Waals surface area (Å²) in [6.07, 6.45) is 1.14. The standard InChI is InChI=1S/C11H14N6O3/c12-7-4-6(15-16-7)8(18)17-3-1-2-11(5-17)9(19)13-10(20)14-11/h4H,1-3,5H2,(H3,12,15,16)(H2,13,14,19,20). The highest BCUT2D eigenvalue weighted by atomic mass is 16.2. The molecule has 20 heavy (non-hydrogen) atoms. The quantitative estimate of drug-likeness (QED) is 0.479. The first-order valence-electron chi connectivity index (χ1n) is 6.24. The van der Waals surface area contributed by atoms with Gasteiger partial charge < -0.3 is 16.0 Å². The molecule has 0 aromatic carbocycles. The second-order valence-corrected chi connectivity index (χ2v) is 5.03. The summed E-state index contributed by atoms with van der Waals surface area (Å²) in [5.41, 5.74) is 4.72. The van der Waals surface area contributed by atoms with E-state index in [1.54, 1.807) is 0 Å². The summed E-state index contributed by atoms with van der Waals surface area (Å²) in [5, 5.41) is 11.1. The summed E-state index contributed by atoms with van der Waals surface area (Å²) in [5.74, 6) is -0.446. The van der Waals surface area contributed by atoms with E-state index in [1.807, 2.05) is 0 Å². The van der Waals surface area contributed by atoms with Gasteiger partial charge in [0.15, 0.2) is 0 Å². The van der Waals surface area contributed by atoms with Gasteiger partial charge in [-0.2, -0.15) is 5.10 Å². The Morgan fingerprint density at radius 3 is 2.85 bits per heavy atom. The van der Waals surface area contributed by atoms with Gasteiger partial charge in [0, 0.05) is 12.6 Å². The van der Waals surface area contributed by atoms with Gasteiger partial charge >= 0.3 is 6.03 Å². The number of aromatic nitrogens is 2. The number of hydrogen-bond donors (Lipinski definition) is 4. The zero-order valence-corrected chi connectivity index (χ0v) is 10.6. The first-order valence-corrected chi connectivity index (χ1v) is 6.24. The molecule has 1 aromatic heterocycles. The van der Waals surface area contributed by atoms with Crippen LogP contribution in [0.1, 0.15) is 23.3 Å². The van der Waals surface area contributed by atoms with Crippen LogP contribution in [-0.4, -0.2) is 51.6 Å². The topological polar surface area (TPSA) is 133 Å². The number of nitrogens with one attached hydrogen (secondary N) is 3. The molecule has 2 saturated heterocycles. The van der Waals surface area contributed by atoms with Crippen molar-refractivity contribution >= 4 is 23.7 Å². The molecule has 3 heterocycles. The van der Waals surface area contributed by atoms with Gasteiger partial charge in [-0.25, -0.2) is 4.79 Å². The second-order valence-electron chi connectivity index (χ2n) is 5.03. The largest absolute Gasteiger partial charge is 0.382 e. The zero-order valence-electron chi connectivity index (χ0n) is 10.6. The number of likely N-dealkylation sites (tertiary alicyclic amines) is 1. The van der Waals surface area contributed by atoms with E-state index in [1.165, 1.54) is 11.0 Å². The van der Waals surface area contributed by atoms with Crippen molar-refractivity contribution in [2.24, 2.45) is 0 Å². The van der Waals surface area contributed by atoms with Gasteiger partial charge in [0.1, 0.15) is 17.1 Å². The smallest absolute Gasteiger partial charge is 0.322 e. The Kier molecular flexibility index (Phi) is 2.63. The van der Waals surface area contributed by atoms with Crippen LogP contribution < -0.4 is 16.4 Å². The molecule has 1 spiro atoms. The van der Waals surface area contributed by atoms with Crippen molar-refractivity contribution in [3.8, 4) is 0 Å². The molecule has 0 bridgehead atoms. The molecule has 1 aromatic rings. The number of nitrogens with two attached hydrogens (primary N) is 1. The van der Waals surface area contributed by atoms with E-state index in [4.69, 9.17) is 5.73 Å². The highest BCUT2D eigenvalue weighted by Gasteiger charge is 2.49. The average molecular weight is 278 g/mol. The molecule has 106 valence electrons. The summed E-state index contributed by atoms with van der Waals surface area (Å²) < 4.78 is 0. The fraction of sp³-hybridized carbons (Fsp3) is 0.455. The molecule has 9 nitrogen and oxygen atoms in total. The Bertz CT molecular complexity index is 597. The van der Waals surface area contributed by atoms with Gasteiger partial charge in [-0.05, 0) is 12.8 Å². The normalized spacial score (nSPS) is 25.7. The summed E-state index contributed by atoms with van der Waals surface area (Å²) in [6, 6.07) is 0.923. The van der Waals surface area contributed by atoms with Crippen molar-refractivity contribution < 1.29 is 14.4 Å². The van der Waals surface area contributed by atoms with Crippen LogP contribution in [0.4, 0.5) is 10.6 Å². The van der Waals surface area contributed by atoms with Crippen LogP contribution in [0.3, 0.4) is 0 Å². The van der Waals surface area contributed by atoms with Gasteiger partial charge in [-0.3, -0.25) is 20.0 Å². The third-order valence-corrected chi connectivity index (χ3v) is 3.62. The lowest BCUT2D eigenvalue weighted by atomic mass is 9.89. The maximum Gasteiger partial charge on any atom is 0.322 e. The van der Waals surface area contributed by atoms with Crippen molar-refractivity contribution in [1.29, 1.82) is 0 Å². The molecule has 5 N–H and O–H groups in total. The van der Waals surface area contributed by atoms with E-state index in [2.05, 4.69) is 20.8 Å². The number of nitrogens with zero attached hydrogens (tertiary/aromatic N) is 2. The van der Waals surface area contributed by atoms with Gasteiger partial charge in [0.25, 0.3) is 11.8 Å². The van der Waals surface area contributed by atoms with E-state index < -0.39 is 11.6 Å². The summed E-state index contributed by atoms with van der Waals surface area (Å²) >= 11 is 0. The van der Waals surface area contributed by atoms with Crippen molar-refractivity contribution in [2.45, 2.75) is 18.4 Å². The molecular formula is C11H14N6O3. The first kappa shape index (κ1) is 12.5. The number of piperidine rings is 1. The number of imide groups is 1. The zero-order chi connectivity index (χ0) is 14.3. The Morgan fingerprint density at radius 2 is 2.25 bits per heavy atom. The molecular weight excluding hydrogens is 264 g/mol. The van der Waals surface area contributed by atoms with Gasteiger partial charge in [0.2, 0.25) is 0 Å². The molecule has 4 amide bonds. The Labute approximate surface area is 113 Å². The predicted octanol–water partition coefficient (Wildman–Crippen LogP) is -1.19. The SMILES string of the molecule is Nc1cc(C(=O)N2CCCC3(C2)NC(=O)NC3=O)[nH]n1. The maximum atomic E-state index is 12.3. The number of amides is 4. The summed E-state index contributed by atoms with van der Waals surface area (Å²) in [4.78, 5) is 37.0. The highest BCUT2D eigenvalue weighted by molar-refractivity contribution is 6.07. The lowest BCUT2D eigenvalue weighted by Gasteiger charge is -2.37. The van der Waals surface area contributed by atoms with Crippen LogP contribution in [0.2, 0.25) is 0 Å². The Morgan fingerprint density at radius 1 is 1.45 bits per heavy atom. The molecule has 3 rings (SSSR count). The van der Waals surface area contributed by atoms with Crippen molar-refractivity contribution in [3.63, 3.8) is 0 Å². The van der Waals surface area contributed by atoms with Gasteiger partial charge in [0.05, 0.1) is 6.54 Å². The molecule has 0 radical (unpaired) electrons. The van der Waals surface area contributed by atoms with Crippen molar-refractivity contribution in [2.75, 3.05) is 18.8 Å². The molecule has 0 aliphatic carbocycles. The Balaban J connectivity index is 1.80. The minimum atomic E-state index is -1.02. The predicted molar refractivity (Wildman–Crippen MR) is 67.5 cm³/mol. The Hall–Kier alpha value is -2.58. The van der Waals surface area contributed by atoms with E-state index >= 15 is 0 Å². The average Bonchev–Trinajstić information content (AvgIpc) is 2.94. The van der Waals surface area contributed by atoms with E-state index in [9.17, 15) is 14.4 Å². The number of hydrogen-bond acceptors (Lipinski definition) is 5. The number of aromatic amines is 1. The van der Waals surface area contributed by atoms with Gasteiger partial charge in [-0.15, -0.1) is 0 Å². The number of urea groups is 1. The molecule has 9 heteroatoms. The van der Waals surface area contributed by atoms with Crippen LogP contribution >= 0.6 is 0 Å². The molecule has 2 aliphatic heterocycles. The minimum Gasteiger partial charge on any atom is -0.382 e. The summed E-state index contributed by atoms with van der Waals surface area (Å²) in [7, 11) is 0. The number of H-pyrrole nitrogens is 1. The molecule has 1 unspecified atom stereocenters. The lowest BCUT2D eigenvalue weighted by molar-refractivity contribution is -0.125. The fourth-order valence-electron chi connectivity index (χ4n) is 2.66. The third-order valence-electron chi connectivity index (χ3n) is 3.62. The van der Waals surface area contributed by atoms with E-state index in [0.717, 1.165) is 0 Å². The molecule has 0 saturated carbocycles. The summed E-state index contributed by atoms with van der Waals surface area (Å²) in [6.45, 7) is 0.658.